The lowest BCUT2D eigenvalue weighted by Crippen LogP contribution is -2.41. The molecular formula is C27H32N2O4S2. The van der Waals surface area contributed by atoms with Crippen LogP contribution in [0, 0.1) is 13.8 Å². The first-order valence-corrected chi connectivity index (χ1v) is 14.1. The standard InChI is InChI=1S/C27H32N2O4S2/c1-4-33-26-8-6-5-7-25(26)29(35(31,32)24-15-11-22(3)12-16-24)19-27(30)28-17-18-34-20-23-13-9-21(2)10-14-23/h5-16H,4,17-20H2,1-3H3,(H,28,30). The van der Waals surface area contributed by atoms with Crippen LogP contribution in [-0.4, -0.2) is 39.8 Å². The van der Waals surface area contributed by atoms with E-state index in [1.54, 1.807) is 60.3 Å². The number of aryl methyl sites for hydroxylation is 2. The molecule has 8 heteroatoms. The van der Waals surface area contributed by atoms with E-state index in [0.29, 0.717) is 24.6 Å². The summed E-state index contributed by atoms with van der Waals surface area (Å²) in [5.41, 5.74) is 3.74. The maximum atomic E-state index is 13.6. The number of benzene rings is 3. The van der Waals surface area contributed by atoms with Crippen LogP contribution in [0.2, 0.25) is 0 Å². The third-order valence-corrected chi connectivity index (χ3v) is 8.09. The van der Waals surface area contributed by atoms with Gasteiger partial charge in [-0.25, -0.2) is 8.42 Å². The molecule has 0 saturated carbocycles. The van der Waals surface area contributed by atoms with Gasteiger partial charge in [-0.05, 0) is 50.6 Å². The summed E-state index contributed by atoms with van der Waals surface area (Å²) in [5, 5.41) is 2.86. The molecule has 0 spiro atoms. The number of ether oxygens (including phenoxy) is 1. The van der Waals surface area contributed by atoms with E-state index < -0.39 is 10.0 Å². The molecule has 0 aromatic heterocycles. The number of para-hydroxylation sites is 2. The molecule has 0 fully saturated rings. The van der Waals surface area contributed by atoms with Gasteiger partial charge in [0.25, 0.3) is 10.0 Å². The summed E-state index contributed by atoms with van der Waals surface area (Å²) < 4.78 is 34.0. The number of carbonyl (C=O) groups is 1. The van der Waals surface area contributed by atoms with Gasteiger partial charge in [0.1, 0.15) is 12.3 Å². The second-order valence-electron chi connectivity index (χ2n) is 8.11. The summed E-state index contributed by atoms with van der Waals surface area (Å²) in [4.78, 5) is 13.0. The molecule has 0 atom stereocenters. The van der Waals surface area contributed by atoms with Gasteiger partial charge < -0.3 is 10.1 Å². The van der Waals surface area contributed by atoms with Gasteiger partial charge >= 0.3 is 0 Å². The number of amides is 1. The zero-order valence-corrected chi connectivity index (χ0v) is 22.0. The topological polar surface area (TPSA) is 75.7 Å². The molecule has 0 aliphatic carbocycles. The Morgan fingerprint density at radius 3 is 2.23 bits per heavy atom. The number of hydrogen-bond acceptors (Lipinski definition) is 5. The molecule has 3 aromatic rings. The molecule has 0 bridgehead atoms. The molecule has 0 saturated heterocycles. The highest BCUT2D eigenvalue weighted by Gasteiger charge is 2.29. The number of thioether (sulfide) groups is 1. The summed E-state index contributed by atoms with van der Waals surface area (Å²) >= 11 is 1.72. The molecule has 3 aromatic carbocycles. The SMILES string of the molecule is CCOc1ccccc1N(CC(=O)NCCSCc1ccc(C)cc1)S(=O)(=O)c1ccc(C)cc1. The molecule has 0 aliphatic heterocycles. The minimum Gasteiger partial charge on any atom is -0.492 e. The molecule has 6 nitrogen and oxygen atoms in total. The lowest BCUT2D eigenvalue weighted by atomic mass is 10.2. The molecule has 1 amide bonds. The second kappa shape index (κ2) is 12.7. The monoisotopic (exact) mass is 512 g/mol. The first kappa shape index (κ1) is 26.6. The van der Waals surface area contributed by atoms with E-state index in [2.05, 4.69) is 36.5 Å². The zero-order valence-electron chi connectivity index (χ0n) is 20.4. The number of nitrogens with zero attached hydrogens (tertiary/aromatic N) is 1. The van der Waals surface area contributed by atoms with E-state index in [9.17, 15) is 13.2 Å². The third kappa shape index (κ3) is 7.50. The lowest BCUT2D eigenvalue weighted by Gasteiger charge is -2.26. The summed E-state index contributed by atoms with van der Waals surface area (Å²) in [6.45, 7) is 6.25. The highest BCUT2D eigenvalue weighted by Crippen LogP contribution is 2.32. The Labute approximate surface area is 212 Å². The van der Waals surface area contributed by atoms with Crippen molar-refractivity contribution < 1.29 is 17.9 Å². The van der Waals surface area contributed by atoms with Crippen molar-refractivity contribution in [3.8, 4) is 5.75 Å². The van der Waals surface area contributed by atoms with Crippen molar-refractivity contribution in [1.82, 2.24) is 5.32 Å². The van der Waals surface area contributed by atoms with Crippen LogP contribution in [0.4, 0.5) is 5.69 Å². The van der Waals surface area contributed by atoms with Gasteiger partial charge in [0.15, 0.2) is 0 Å². The van der Waals surface area contributed by atoms with Crippen molar-refractivity contribution in [1.29, 1.82) is 0 Å². The van der Waals surface area contributed by atoms with E-state index in [0.717, 1.165) is 21.4 Å². The second-order valence-corrected chi connectivity index (χ2v) is 11.1. The van der Waals surface area contributed by atoms with Gasteiger partial charge in [-0.3, -0.25) is 9.10 Å². The van der Waals surface area contributed by atoms with Crippen molar-refractivity contribution in [3.63, 3.8) is 0 Å². The molecular weight excluding hydrogens is 480 g/mol. The molecule has 3 rings (SSSR count). The number of anilines is 1. The predicted molar refractivity (Wildman–Crippen MR) is 144 cm³/mol. The number of carbonyl (C=O) groups excluding carboxylic acids is 1. The smallest absolute Gasteiger partial charge is 0.264 e. The molecule has 0 radical (unpaired) electrons. The minimum absolute atomic E-state index is 0.121. The van der Waals surface area contributed by atoms with Crippen LogP contribution in [0.15, 0.2) is 77.7 Å². The molecule has 0 unspecified atom stereocenters. The van der Waals surface area contributed by atoms with Crippen molar-refractivity contribution in [2.75, 3.05) is 29.8 Å². The van der Waals surface area contributed by atoms with E-state index in [1.165, 1.54) is 11.1 Å². The van der Waals surface area contributed by atoms with Gasteiger partial charge in [-0.2, -0.15) is 11.8 Å². The Balaban J connectivity index is 1.70. The number of hydrogen-bond donors (Lipinski definition) is 1. The van der Waals surface area contributed by atoms with Crippen molar-refractivity contribution in [3.05, 3.63) is 89.5 Å². The van der Waals surface area contributed by atoms with Crippen LogP contribution < -0.4 is 14.4 Å². The summed E-state index contributed by atoms with van der Waals surface area (Å²) in [5.74, 6) is 1.61. The van der Waals surface area contributed by atoms with E-state index >= 15 is 0 Å². The fourth-order valence-corrected chi connectivity index (χ4v) is 5.65. The Morgan fingerprint density at radius 1 is 0.943 bits per heavy atom. The first-order chi connectivity index (χ1) is 16.8. The fraction of sp³-hybridized carbons (Fsp3) is 0.296. The van der Waals surface area contributed by atoms with Gasteiger partial charge in [0, 0.05) is 18.1 Å². The maximum absolute atomic E-state index is 13.6. The molecule has 186 valence electrons. The first-order valence-electron chi connectivity index (χ1n) is 11.5. The quantitative estimate of drug-likeness (QED) is 0.348. The highest BCUT2D eigenvalue weighted by molar-refractivity contribution is 7.98. The summed E-state index contributed by atoms with van der Waals surface area (Å²) in [6.07, 6.45) is 0. The largest absolute Gasteiger partial charge is 0.492 e. The van der Waals surface area contributed by atoms with Gasteiger partial charge in [-0.15, -0.1) is 0 Å². The zero-order chi connectivity index (χ0) is 25.3. The summed E-state index contributed by atoms with van der Waals surface area (Å²) in [7, 11) is -3.99. The van der Waals surface area contributed by atoms with Gasteiger partial charge in [-0.1, -0.05) is 59.7 Å². The number of sulfonamides is 1. The van der Waals surface area contributed by atoms with Crippen molar-refractivity contribution in [2.45, 2.75) is 31.4 Å². The Kier molecular flexibility index (Phi) is 9.63. The fourth-order valence-electron chi connectivity index (χ4n) is 3.40. The van der Waals surface area contributed by atoms with E-state index in [4.69, 9.17) is 4.74 Å². The van der Waals surface area contributed by atoms with Gasteiger partial charge in [0.05, 0.1) is 17.2 Å². The van der Waals surface area contributed by atoms with Crippen LogP contribution in [0.3, 0.4) is 0 Å². The molecule has 1 N–H and O–H groups in total. The van der Waals surface area contributed by atoms with Crippen molar-refractivity contribution >= 4 is 33.4 Å². The lowest BCUT2D eigenvalue weighted by molar-refractivity contribution is -0.119. The van der Waals surface area contributed by atoms with Crippen molar-refractivity contribution in [2.24, 2.45) is 0 Å². The number of nitrogens with one attached hydrogen (secondary N) is 1. The average Bonchev–Trinajstić information content (AvgIpc) is 2.84. The Morgan fingerprint density at radius 2 is 1.57 bits per heavy atom. The third-order valence-electron chi connectivity index (χ3n) is 5.29. The van der Waals surface area contributed by atoms with E-state index in [-0.39, 0.29) is 17.3 Å². The minimum atomic E-state index is -3.99. The van der Waals surface area contributed by atoms with Crippen LogP contribution >= 0.6 is 11.8 Å². The van der Waals surface area contributed by atoms with E-state index in [1.807, 2.05) is 13.8 Å². The number of rotatable bonds is 12. The maximum Gasteiger partial charge on any atom is 0.264 e. The van der Waals surface area contributed by atoms with Crippen LogP contribution in [0.5, 0.6) is 5.75 Å². The van der Waals surface area contributed by atoms with Gasteiger partial charge in [0.2, 0.25) is 5.91 Å². The van der Waals surface area contributed by atoms with Crippen LogP contribution in [0.25, 0.3) is 0 Å². The molecule has 0 aliphatic rings. The van der Waals surface area contributed by atoms with Crippen LogP contribution in [-0.2, 0) is 20.6 Å². The highest BCUT2D eigenvalue weighted by atomic mass is 32.2. The molecule has 35 heavy (non-hydrogen) atoms. The Hall–Kier alpha value is -2.97. The Bertz CT molecular complexity index is 1210. The normalized spacial score (nSPS) is 11.2. The summed E-state index contributed by atoms with van der Waals surface area (Å²) in [6, 6.07) is 21.8. The average molecular weight is 513 g/mol. The predicted octanol–water partition coefficient (Wildman–Crippen LogP) is 4.95. The van der Waals surface area contributed by atoms with Crippen LogP contribution in [0.1, 0.15) is 23.6 Å². The molecule has 0 heterocycles.